The van der Waals surface area contributed by atoms with E-state index in [4.69, 9.17) is 0 Å². The van der Waals surface area contributed by atoms with Crippen LogP contribution in [0.25, 0.3) is 5.69 Å². The van der Waals surface area contributed by atoms with Crippen LogP contribution in [0.4, 0.5) is 0 Å². The molecule has 0 aliphatic heterocycles. The molecule has 0 radical (unpaired) electrons. The van der Waals surface area contributed by atoms with Crippen molar-refractivity contribution in [1.29, 1.82) is 0 Å². The van der Waals surface area contributed by atoms with Gasteiger partial charge < -0.3 is 5.32 Å². The third-order valence-electron chi connectivity index (χ3n) is 7.13. The van der Waals surface area contributed by atoms with Gasteiger partial charge in [0.1, 0.15) is 6.33 Å². The normalized spacial score (nSPS) is 30.1. The molecule has 4 saturated carbocycles. The fourth-order valence-electron chi connectivity index (χ4n) is 6.25. The van der Waals surface area contributed by atoms with E-state index >= 15 is 0 Å². The van der Waals surface area contributed by atoms with Gasteiger partial charge in [-0.1, -0.05) is 37.7 Å². The van der Waals surface area contributed by atoms with Gasteiger partial charge in [-0.25, -0.2) is 0 Å². The number of rotatable bonds is 6. The summed E-state index contributed by atoms with van der Waals surface area (Å²) in [5.74, 6) is 3.56. The van der Waals surface area contributed by atoms with Crippen LogP contribution in [0.3, 0.4) is 0 Å². The maximum absolute atomic E-state index is 12.8. The van der Waals surface area contributed by atoms with E-state index in [0.29, 0.717) is 11.7 Å². The fraction of sp³-hybridized carbons (Fsp3) is 0.609. The molecule has 29 heavy (non-hydrogen) atoms. The number of hydrogen-bond donors (Lipinski definition) is 1. The van der Waals surface area contributed by atoms with Gasteiger partial charge in [0.05, 0.1) is 5.75 Å². The van der Waals surface area contributed by atoms with Gasteiger partial charge in [-0.2, -0.15) is 0 Å². The molecule has 2 aromatic rings. The van der Waals surface area contributed by atoms with Gasteiger partial charge in [-0.3, -0.25) is 9.36 Å². The van der Waals surface area contributed by atoms with Crippen LogP contribution in [0.5, 0.6) is 0 Å². The lowest BCUT2D eigenvalue weighted by Gasteiger charge is -2.56. The lowest BCUT2D eigenvalue weighted by atomic mass is 9.53. The van der Waals surface area contributed by atoms with E-state index in [-0.39, 0.29) is 11.4 Å². The molecule has 1 amide bonds. The molecule has 0 saturated heterocycles. The zero-order chi connectivity index (χ0) is 20.0. The first kappa shape index (κ1) is 19.2. The number of carbonyl (C=O) groups excluding carboxylic acids is 1. The van der Waals surface area contributed by atoms with E-state index in [0.717, 1.165) is 28.6 Å². The van der Waals surface area contributed by atoms with Gasteiger partial charge in [0.15, 0.2) is 5.16 Å². The van der Waals surface area contributed by atoms with Gasteiger partial charge >= 0.3 is 0 Å². The molecule has 154 valence electrons. The predicted molar refractivity (Wildman–Crippen MR) is 115 cm³/mol. The van der Waals surface area contributed by atoms with Crippen LogP contribution in [0.2, 0.25) is 0 Å². The Morgan fingerprint density at radius 1 is 1.14 bits per heavy atom. The highest BCUT2D eigenvalue weighted by molar-refractivity contribution is 7.99. The Labute approximate surface area is 177 Å². The molecule has 4 bridgehead atoms. The van der Waals surface area contributed by atoms with E-state index in [2.05, 4.69) is 53.6 Å². The Hall–Kier alpha value is -1.82. The third kappa shape index (κ3) is 3.83. The Morgan fingerprint density at radius 2 is 1.76 bits per heavy atom. The van der Waals surface area contributed by atoms with Crippen LogP contribution < -0.4 is 5.32 Å². The molecule has 6 heteroatoms. The lowest BCUT2D eigenvalue weighted by Crippen LogP contribution is -2.60. The van der Waals surface area contributed by atoms with Crippen LogP contribution in [0.15, 0.2) is 35.7 Å². The van der Waals surface area contributed by atoms with Crippen molar-refractivity contribution in [3.63, 3.8) is 0 Å². The molecule has 6 rings (SSSR count). The summed E-state index contributed by atoms with van der Waals surface area (Å²) in [5.41, 5.74) is 2.42. The van der Waals surface area contributed by atoms with Crippen molar-refractivity contribution in [3.8, 4) is 5.69 Å². The Kier molecular flexibility index (Phi) is 4.93. The standard InChI is InChI=1S/C23H30N4OS/c1-15(2)19-3-5-20(6-4-19)27-14-24-26-22(27)29-13-21(28)25-23-10-16-7-17(11-23)9-18(8-16)12-23/h3-6,14-18H,7-13H2,1-2H3,(H,25,28). The summed E-state index contributed by atoms with van der Waals surface area (Å²) in [7, 11) is 0. The molecule has 4 fully saturated rings. The fourth-order valence-corrected chi connectivity index (χ4v) is 6.97. The van der Waals surface area contributed by atoms with Gasteiger partial charge in [-0.05, 0) is 79.9 Å². The molecule has 4 aliphatic carbocycles. The van der Waals surface area contributed by atoms with Crippen LogP contribution in [0, 0.1) is 17.8 Å². The van der Waals surface area contributed by atoms with Crippen molar-refractivity contribution < 1.29 is 4.79 Å². The van der Waals surface area contributed by atoms with Crippen molar-refractivity contribution in [1.82, 2.24) is 20.1 Å². The maximum atomic E-state index is 12.8. The monoisotopic (exact) mass is 410 g/mol. The van der Waals surface area contributed by atoms with Crippen molar-refractivity contribution in [2.75, 3.05) is 5.75 Å². The predicted octanol–water partition coefficient (Wildman–Crippen LogP) is 4.57. The molecular weight excluding hydrogens is 380 g/mol. The summed E-state index contributed by atoms with van der Waals surface area (Å²) >= 11 is 1.47. The van der Waals surface area contributed by atoms with E-state index in [1.54, 1.807) is 6.33 Å². The number of carbonyl (C=O) groups is 1. The SMILES string of the molecule is CC(C)c1ccc(-n2cnnc2SCC(=O)NC23CC4CC(CC(C4)C2)C3)cc1. The van der Waals surface area contributed by atoms with E-state index in [1.165, 1.54) is 55.9 Å². The number of nitrogens with one attached hydrogen (secondary N) is 1. The van der Waals surface area contributed by atoms with Crippen molar-refractivity contribution >= 4 is 17.7 Å². The second kappa shape index (κ2) is 7.46. The molecule has 4 aliphatic rings. The summed E-state index contributed by atoms with van der Waals surface area (Å²) in [6, 6.07) is 8.49. The topological polar surface area (TPSA) is 59.8 Å². The highest BCUT2D eigenvalue weighted by Gasteiger charge is 2.51. The van der Waals surface area contributed by atoms with Crippen LogP contribution in [-0.4, -0.2) is 32.0 Å². The van der Waals surface area contributed by atoms with E-state index in [1.807, 2.05) is 4.57 Å². The molecule has 0 unspecified atom stereocenters. The van der Waals surface area contributed by atoms with E-state index in [9.17, 15) is 4.79 Å². The van der Waals surface area contributed by atoms with Crippen molar-refractivity contribution in [3.05, 3.63) is 36.2 Å². The first-order valence-electron chi connectivity index (χ1n) is 10.9. The summed E-state index contributed by atoms with van der Waals surface area (Å²) in [6.07, 6.45) is 9.47. The minimum absolute atomic E-state index is 0.0761. The Balaban J connectivity index is 1.22. The summed E-state index contributed by atoms with van der Waals surface area (Å²) < 4.78 is 1.97. The molecule has 5 nitrogen and oxygen atoms in total. The summed E-state index contributed by atoms with van der Waals surface area (Å²) in [6.45, 7) is 4.38. The van der Waals surface area contributed by atoms with Gasteiger partial charge in [0.25, 0.3) is 0 Å². The van der Waals surface area contributed by atoms with Gasteiger partial charge in [0.2, 0.25) is 5.91 Å². The molecule has 1 aromatic carbocycles. The first-order chi connectivity index (χ1) is 14.0. The van der Waals surface area contributed by atoms with Crippen LogP contribution in [-0.2, 0) is 4.79 Å². The number of amides is 1. The second-order valence-electron chi connectivity index (χ2n) is 9.76. The third-order valence-corrected chi connectivity index (χ3v) is 8.07. The van der Waals surface area contributed by atoms with Gasteiger partial charge in [-0.15, -0.1) is 10.2 Å². The Bertz CT molecular complexity index is 853. The van der Waals surface area contributed by atoms with Crippen LogP contribution in [0.1, 0.15) is 63.9 Å². The second-order valence-corrected chi connectivity index (χ2v) is 10.7. The van der Waals surface area contributed by atoms with Crippen LogP contribution >= 0.6 is 11.8 Å². The Morgan fingerprint density at radius 3 is 2.34 bits per heavy atom. The molecule has 1 aromatic heterocycles. The van der Waals surface area contributed by atoms with Gasteiger partial charge in [0, 0.05) is 11.2 Å². The highest BCUT2D eigenvalue weighted by Crippen LogP contribution is 2.55. The summed E-state index contributed by atoms with van der Waals surface area (Å²) in [4.78, 5) is 12.8. The maximum Gasteiger partial charge on any atom is 0.230 e. The number of thioether (sulfide) groups is 1. The van der Waals surface area contributed by atoms with E-state index < -0.39 is 0 Å². The molecule has 0 spiro atoms. The molecule has 1 heterocycles. The first-order valence-corrected chi connectivity index (χ1v) is 11.9. The quantitative estimate of drug-likeness (QED) is 0.709. The molecular formula is C23H30N4OS. The smallest absolute Gasteiger partial charge is 0.230 e. The number of benzene rings is 1. The summed E-state index contributed by atoms with van der Waals surface area (Å²) in [5, 5.41) is 12.5. The molecule has 1 N–H and O–H groups in total. The lowest BCUT2D eigenvalue weighted by molar-refractivity contribution is -0.124. The van der Waals surface area contributed by atoms with Crippen molar-refractivity contribution in [2.24, 2.45) is 17.8 Å². The zero-order valence-electron chi connectivity index (χ0n) is 17.3. The minimum atomic E-state index is 0.0761. The average Bonchev–Trinajstić information content (AvgIpc) is 3.13. The average molecular weight is 411 g/mol. The molecule has 0 atom stereocenters. The number of aromatic nitrogens is 3. The number of hydrogen-bond acceptors (Lipinski definition) is 4. The minimum Gasteiger partial charge on any atom is -0.350 e. The highest BCUT2D eigenvalue weighted by atomic mass is 32.2. The van der Waals surface area contributed by atoms with Crippen molar-refractivity contribution in [2.45, 2.75) is 69.0 Å². The largest absolute Gasteiger partial charge is 0.350 e. The number of nitrogens with zero attached hydrogens (tertiary/aromatic N) is 3. The zero-order valence-corrected chi connectivity index (χ0v) is 18.1.